The molecule has 0 saturated heterocycles. The predicted molar refractivity (Wildman–Crippen MR) is 102 cm³/mol. The minimum atomic E-state index is -0.615. The third kappa shape index (κ3) is 3.40. The van der Waals surface area contributed by atoms with Crippen molar-refractivity contribution in [1.29, 1.82) is 0 Å². The van der Waals surface area contributed by atoms with Crippen molar-refractivity contribution in [2.75, 3.05) is 18.0 Å². The summed E-state index contributed by atoms with van der Waals surface area (Å²) in [5.74, 6) is -0.755. The summed E-state index contributed by atoms with van der Waals surface area (Å²) in [6.07, 6.45) is 5.56. The van der Waals surface area contributed by atoms with E-state index in [1.165, 1.54) is 29.1 Å². The third-order valence-corrected chi connectivity index (χ3v) is 4.67. The lowest BCUT2D eigenvalue weighted by Crippen LogP contribution is -2.35. The van der Waals surface area contributed by atoms with Gasteiger partial charge in [-0.15, -0.1) is 0 Å². The van der Waals surface area contributed by atoms with Crippen molar-refractivity contribution >= 4 is 11.5 Å². The van der Waals surface area contributed by atoms with E-state index in [9.17, 15) is 13.6 Å². The maximum absolute atomic E-state index is 14.2. The van der Waals surface area contributed by atoms with E-state index < -0.39 is 11.6 Å². The molecule has 3 aromatic rings. The van der Waals surface area contributed by atoms with E-state index in [1.807, 2.05) is 11.0 Å². The molecule has 0 bridgehead atoms. The summed E-state index contributed by atoms with van der Waals surface area (Å²) in [7, 11) is 1.64. The lowest BCUT2D eigenvalue weighted by atomic mass is 10.0. The van der Waals surface area contributed by atoms with Crippen LogP contribution in [-0.4, -0.2) is 32.6 Å². The molecule has 142 valence electrons. The van der Waals surface area contributed by atoms with Crippen molar-refractivity contribution in [2.45, 2.75) is 6.42 Å². The molecule has 0 atom stereocenters. The first kappa shape index (κ1) is 18.0. The first-order chi connectivity index (χ1) is 13.5. The van der Waals surface area contributed by atoms with E-state index in [0.29, 0.717) is 42.4 Å². The first-order valence-electron chi connectivity index (χ1n) is 8.77. The van der Waals surface area contributed by atoms with Crippen LogP contribution in [0.2, 0.25) is 0 Å². The van der Waals surface area contributed by atoms with E-state index in [-0.39, 0.29) is 5.56 Å². The maximum Gasteiger partial charge on any atom is 0.255 e. The van der Waals surface area contributed by atoms with Gasteiger partial charge >= 0.3 is 0 Å². The van der Waals surface area contributed by atoms with Crippen molar-refractivity contribution in [3.8, 4) is 11.4 Å². The highest BCUT2D eigenvalue weighted by molar-refractivity contribution is 5.71. The molecule has 1 aliphatic rings. The Balaban J connectivity index is 1.71. The van der Waals surface area contributed by atoms with Gasteiger partial charge in [0, 0.05) is 44.0 Å². The number of hydrogen-bond acceptors (Lipinski definition) is 5. The van der Waals surface area contributed by atoms with Gasteiger partial charge in [0.25, 0.3) is 5.56 Å². The Bertz CT molecular complexity index is 1110. The number of halogens is 2. The Morgan fingerprint density at radius 2 is 1.96 bits per heavy atom. The van der Waals surface area contributed by atoms with Gasteiger partial charge in [-0.05, 0) is 30.2 Å². The normalized spacial score (nSPS) is 14.1. The van der Waals surface area contributed by atoms with E-state index >= 15 is 0 Å². The summed E-state index contributed by atoms with van der Waals surface area (Å²) >= 11 is 0. The summed E-state index contributed by atoms with van der Waals surface area (Å²) in [6.45, 7) is 0.982. The summed E-state index contributed by atoms with van der Waals surface area (Å²) in [5, 5.41) is 0. The molecule has 0 aliphatic carbocycles. The SMILES string of the molecule is Cn1c(N2CCC=C(c3ccc(F)cc3F)C2)nc(-c2ccncn2)cc1=O. The van der Waals surface area contributed by atoms with Crippen LogP contribution in [0, 0.1) is 11.6 Å². The molecule has 3 heterocycles. The fourth-order valence-electron chi connectivity index (χ4n) is 3.24. The van der Waals surface area contributed by atoms with Gasteiger partial charge in [0.1, 0.15) is 18.0 Å². The first-order valence-corrected chi connectivity index (χ1v) is 8.77. The van der Waals surface area contributed by atoms with Crippen LogP contribution in [-0.2, 0) is 7.05 Å². The second kappa shape index (κ2) is 7.30. The summed E-state index contributed by atoms with van der Waals surface area (Å²) in [4.78, 5) is 27.0. The number of aromatic nitrogens is 4. The molecule has 0 unspecified atom stereocenters. The number of hydrogen-bond donors (Lipinski definition) is 0. The van der Waals surface area contributed by atoms with Crippen LogP contribution in [0.1, 0.15) is 12.0 Å². The third-order valence-electron chi connectivity index (χ3n) is 4.67. The maximum atomic E-state index is 14.2. The lowest BCUT2D eigenvalue weighted by Gasteiger charge is -2.30. The van der Waals surface area contributed by atoms with Gasteiger partial charge in [-0.3, -0.25) is 9.36 Å². The molecular formula is C20H17F2N5O. The van der Waals surface area contributed by atoms with Crippen molar-refractivity contribution in [1.82, 2.24) is 19.5 Å². The second-order valence-electron chi connectivity index (χ2n) is 6.50. The molecule has 0 fully saturated rings. The van der Waals surface area contributed by atoms with Gasteiger partial charge in [0.2, 0.25) is 5.95 Å². The van der Waals surface area contributed by atoms with Crippen molar-refractivity contribution < 1.29 is 8.78 Å². The number of anilines is 1. The summed E-state index contributed by atoms with van der Waals surface area (Å²) in [6, 6.07) is 6.65. The van der Waals surface area contributed by atoms with Crippen LogP contribution in [0.4, 0.5) is 14.7 Å². The van der Waals surface area contributed by atoms with Crippen LogP contribution in [0.3, 0.4) is 0 Å². The fraction of sp³-hybridized carbons (Fsp3) is 0.200. The minimum Gasteiger partial charge on any atom is -0.338 e. The topological polar surface area (TPSA) is 63.9 Å². The standard InChI is InChI=1S/C20H17F2N5O/c1-26-19(28)10-18(17-6-7-23-12-24-17)25-20(26)27-8-2-3-13(11-27)15-5-4-14(21)9-16(15)22/h3-7,9-10,12H,2,8,11H2,1H3. The minimum absolute atomic E-state index is 0.220. The zero-order chi connectivity index (χ0) is 19.7. The molecule has 0 amide bonds. The Morgan fingerprint density at radius 1 is 1.11 bits per heavy atom. The van der Waals surface area contributed by atoms with E-state index in [1.54, 1.807) is 19.3 Å². The second-order valence-corrected chi connectivity index (χ2v) is 6.50. The highest BCUT2D eigenvalue weighted by Gasteiger charge is 2.21. The van der Waals surface area contributed by atoms with Gasteiger partial charge < -0.3 is 4.90 Å². The Kier molecular flexibility index (Phi) is 4.68. The Hall–Kier alpha value is -3.42. The molecule has 0 spiro atoms. The molecule has 0 N–H and O–H groups in total. The van der Waals surface area contributed by atoms with Crippen LogP contribution >= 0.6 is 0 Å². The van der Waals surface area contributed by atoms with Gasteiger partial charge in [-0.25, -0.2) is 23.7 Å². The van der Waals surface area contributed by atoms with Crippen LogP contribution < -0.4 is 10.5 Å². The molecule has 1 aromatic carbocycles. The molecule has 6 nitrogen and oxygen atoms in total. The Morgan fingerprint density at radius 3 is 2.71 bits per heavy atom. The van der Waals surface area contributed by atoms with Gasteiger partial charge in [-0.2, -0.15) is 0 Å². The van der Waals surface area contributed by atoms with Crippen molar-refractivity contribution in [3.63, 3.8) is 0 Å². The van der Waals surface area contributed by atoms with Crippen molar-refractivity contribution in [3.05, 3.63) is 76.5 Å². The molecule has 1 aliphatic heterocycles. The smallest absolute Gasteiger partial charge is 0.255 e. The zero-order valence-corrected chi connectivity index (χ0v) is 15.1. The van der Waals surface area contributed by atoms with E-state index in [4.69, 9.17) is 0 Å². The van der Waals surface area contributed by atoms with Gasteiger partial charge in [-0.1, -0.05) is 6.08 Å². The van der Waals surface area contributed by atoms with Crippen LogP contribution in [0.5, 0.6) is 0 Å². The zero-order valence-electron chi connectivity index (χ0n) is 15.1. The van der Waals surface area contributed by atoms with E-state index in [0.717, 1.165) is 11.6 Å². The molecule has 8 heteroatoms. The highest BCUT2D eigenvalue weighted by atomic mass is 19.1. The molecule has 2 aromatic heterocycles. The monoisotopic (exact) mass is 381 g/mol. The molecule has 0 radical (unpaired) electrons. The summed E-state index contributed by atoms with van der Waals surface area (Å²) < 4.78 is 28.9. The van der Waals surface area contributed by atoms with E-state index in [2.05, 4.69) is 15.0 Å². The van der Waals surface area contributed by atoms with Crippen molar-refractivity contribution in [2.24, 2.45) is 7.05 Å². The molecule has 0 saturated carbocycles. The molecule has 28 heavy (non-hydrogen) atoms. The van der Waals surface area contributed by atoms with Crippen LogP contribution in [0.15, 0.2) is 53.7 Å². The number of rotatable bonds is 3. The van der Waals surface area contributed by atoms with Gasteiger partial charge in [0.05, 0.1) is 11.4 Å². The number of benzene rings is 1. The highest BCUT2D eigenvalue weighted by Crippen LogP contribution is 2.26. The Labute approximate surface area is 159 Å². The lowest BCUT2D eigenvalue weighted by molar-refractivity contribution is 0.580. The largest absolute Gasteiger partial charge is 0.338 e. The molecular weight excluding hydrogens is 364 g/mol. The fourth-order valence-corrected chi connectivity index (χ4v) is 3.24. The van der Waals surface area contributed by atoms with Crippen LogP contribution in [0.25, 0.3) is 17.0 Å². The average Bonchev–Trinajstić information content (AvgIpc) is 2.70. The van der Waals surface area contributed by atoms with Gasteiger partial charge in [0.15, 0.2) is 0 Å². The summed E-state index contributed by atoms with van der Waals surface area (Å²) in [5.41, 5.74) is 1.85. The average molecular weight is 381 g/mol. The molecule has 4 rings (SSSR count). The quantitative estimate of drug-likeness (QED) is 0.698. The predicted octanol–water partition coefficient (Wildman–Crippen LogP) is 2.81. The number of nitrogens with zero attached hydrogens (tertiary/aromatic N) is 5.